The van der Waals surface area contributed by atoms with E-state index >= 15 is 0 Å². The second-order valence-corrected chi connectivity index (χ2v) is 5.06. The molecule has 90 valence electrons. The zero-order valence-electron chi connectivity index (χ0n) is 10.2. The van der Waals surface area contributed by atoms with Gasteiger partial charge in [-0.2, -0.15) is 0 Å². The van der Waals surface area contributed by atoms with Crippen LogP contribution in [-0.2, 0) is 13.0 Å². The third-order valence-electron chi connectivity index (χ3n) is 2.53. The molecule has 0 aliphatic rings. The number of hydrogen-bond donors (Lipinski definition) is 1. The molecule has 0 radical (unpaired) electrons. The van der Waals surface area contributed by atoms with Gasteiger partial charge in [-0.15, -0.1) is 11.3 Å². The molecule has 0 aromatic carbocycles. The first-order valence-electron chi connectivity index (χ1n) is 5.85. The van der Waals surface area contributed by atoms with Gasteiger partial charge in [0.1, 0.15) is 0 Å². The van der Waals surface area contributed by atoms with Gasteiger partial charge in [0.2, 0.25) is 0 Å². The molecule has 1 N–H and O–H groups in total. The second kappa shape index (κ2) is 5.89. The van der Waals surface area contributed by atoms with Crippen molar-refractivity contribution in [1.29, 1.82) is 0 Å². The molecule has 2 heterocycles. The Morgan fingerprint density at radius 2 is 2.24 bits per heavy atom. The van der Waals surface area contributed by atoms with Crippen LogP contribution in [0.1, 0.15) is 28.2 Å². The summed E-state index contributed by atoms with van der Waals surface area (Å²) in [5, 5.41) is 4.48. The lowest BCUT2D eigenvalue weighted by Crippen LogP contribution is -2.11. The largest absolute Gasteiger partial charge is 0.312 e. The topological polar surface area (TPSA) is 37.8 Å². The molecule has 0 saturated carbocycles. The van der Waals surface area contributed by atoms with Gasteiger partial charge in [0.25, 0.3) is 0 Å². The highest BCUT2D eigenvalue weighted by molar-refractivity contribution is 7.11. The van der Waals surface area contributed by atoms with Crippen LogP contribution in [0.25, 0.3) is 0 Å². The molecule has 0 amide bonds. The zero-order valence-corrected chi connectivity index (χ0v) is 11.0. The van der Waals surface area contributed by atoms with Crippen LogP contribution >= 0.6 is 11.3 Å². The third-order valence-corrected chi connectivity index (χ3v) is 3.69. The number of rotatable bonds is 5. The normalized spacial score (nSPS) is 10.7. The van der Waals surface area contributed by atoms with Crippen molar-refractivity contribution in [2.24, 2.45) is 0 Å². The molecule has 17 heavy (non-hydrogen) atoms. The summed E-state index contributed by atoms with van der Waals surface area (Å²) in [6, 6.07) is 6.00. The summed E-state index contributed by atoms with van der Waals surface area (Å²) in [6.07, 6.45) is 2.66. The Bertz CT molecular complexity index is 465. The average Bonchev–Trinajstić information content (AvgIpc) is 2.68. The van der Waals surface area contributed by atoms with Crippen molar-refractivity contribution in [2.45, 2.75) is 26.8 Å². The van der Waals surface area contributed by atoms with E-state index in [0.717, 1.165) is 35.9 Å². The molecular weight excluding hydrogens is 230 g/mol. The Labute approximate surface area is 106 Å². The van der Waals surface area contributed by atoms with E-state index in [1.54, 1.807) is 11.3 Å². The van der Waals surface area contributed by atoms with E-state index in [1.807, 2.05) is 24.4 Å². The predicted molar refractivity (Wildman–Crippen MR) is 71.3 cm³/mol. The monoisotopic (exact) mass is 247 g/mol. The fourth-order valence-corrected chi connectivity index (χ4v) is 2.68. The number of aromatic nitrogens is 2. The van der Waals surface area contributed by atoms with Crippen molar-refractivity contribution in [3.8, 4) is 0 Å². The lowest BCUT2D eigenvalue weighted by atomic mass is 10.3. The number of nitrogens with one attached hydrogen (secondary N) is 1. The minimum atomic E-state index is 0.832. The summed E-state index contributed by atoms with van der Waals surface area (Å²) >= 11 is 1.78. The number of hydrogen-bond acceptors (Lipinski definition) is 4. The van der Waals surface area contributed by atoms with Crippen LogP contribution < -0.4 is 5.32 Å². The summed E-state index contributed by atoms with van der Waals surface area (Å²) in [4.78, 5) is 10.3. The smallest absolute Gasteiger partial charge is 0.0991 e. The molecule has 0 spiro atoms. The molecule has 0 fully saturated rings. The molecule has 0 aliphatic heterocycles. The lowest BCUT2D eigenvalue weighted by molar-refractivity contribution is 0.731. The molecule has 2 aromatic heterocycles. The third kappa shape index (κ3) is 3.35. The minimum Gasteiger partial charge on any atom is -0.312 e. The molecular formula is C13H17N3S. The maximum absolute atomic E-state index is 4.60. The van der Waals surface area contributed by atoms with Gasteiger partial charge in [-0.05, 0) is 25.6 Å². The van der Waals surface area contributed by atoms with Crippen molar-refractivity contribution in [3.63, 3.8) is 0 Å². The van der Waals surface area contributed by atoms with Crippen molar-refractivity contribution >= 4 is 11.3 Å². The van der Waals surface area contributed by atoms with Gasteiger partial charge in [-0.3, -0.25) is 4.98 Å². The van der Waals surface area contributed by atoms with Gasteiger partial charge in [-0.1, -0.05) is 13.0 Å². The minimum absolute atomic E-state index is 0.832. The predicted octanol–water partition coefficient (Wildman–Crippen LogP) is 2.55. The average molecular weight is 247 g/mol. The van der Waals surface area contributed by atoms with Crippen molar-refractivity contribution in [2.75, 3.05) is 6.54 Å². The molecule has 2 rings (SSSR count). The van der Waals surface area contributed by atoms with E-state index in [9.17, 15) is 0 Å². The van der Waals surface area contributed by atoms with E-state index < -0.39 is 0 Å². The molecule has 2 aromatic rings. The van der Waals surface area contributed by atoms with E-state index in [-0.39, 0.29) is 0 Å². The Morgan fingerprint density at radius 3 is 2.94 bits per heavy atom. The van der Waals surface area contributed by atoms with Gasteiger partial charge in [0.15, 0.2) is 0 Å². The SMILES string of the molecule is CCNCc1sc(Cc2ccccn2)nc1C. The molecule has 3 nitrogen and oxygen atoms in total. The maximum Gasteiger partial charge on any atom is 0.0991 e. The van der Waals surface area contributed by atoms with E-state index in [2.05, 4.69) is 29.1 Å². The van der Waals surface area contributed by atoms with Gasteiger partial charge < -0.3 is 5.32 Å². The second-order valence-electron chi connectivity index (χ2n) is 3.89. The lowest BCUT2D eigenvalue weighted by Gasteiger charge is -1.97. The standard InChI is InChI=1S/C13H17N3S/c1-3-14-9-12-10(2)16-13(17-12)8-11-6-4-5-7-15-11/h4-7,14H,3,8-9H2,1-2H3. The Kier molecular flexibility index (Phi) is 4.23. The molecule has 4 heteroatoms. The highest BCUT2D eigenvalue weighted by Crippen LogP contribution is 2.19. The van der Waals surface area contributed by atoms with E-state index in [4.69, 9.17) is 0 Å². The van der Waals surface area contributed by atoms with Crippen molar-refractivity contribution < 1.29 is 0 Å². The Morgan fingerprint density at radius 1 is 1.35 bits per heavy atom. The summed E-state index contributed by atoms with van der Waals surface area (Å²) < 4.78 is 0. The van der Waals surface area contributed by atoms with Crippen LogP contribution in [-0.4, -0.2) is 16.5 Å². The van der Waals surface area contributed by atoms with Crippen LogP contribution in [0.2, 0.25) is 0 Å². The molecule has 0 bridgehead atoms. The van der Waals surface area contributed by atoms with E-state index in [1.165, 1.54) is 4.88 Å². The fourth-order valence-electron chi connectivity index (χ4n) is 1.62. The summed E-state index contributed by atoms with van der Waals surface area (Å²) in [5.74, 6) is 0. The van der Waals surface area contributed by atoms with Crippen molar-refractivity contribution in [3.05, 3.63) is 45.7 Å². The molecule has 0 unspecified atom stereocenters. The molecule has 0 atom stereocenters. The van der Waals surface area contributed by atoms with Gasteiger partial charge >= 0.3 is 0 Å². The van der Waals surface area contributed by atoms with Gasteiger partial charge in [0.05, 0.1) is 10.7 Å². The summed E-state index contributed by atoms with van der Waals surface area (Å²) in [7, 11) is 0. The Hall–Kier alpha value is -1.26. The summed E-state index contributed by atoms with van der Waals surface area (Å²) in [6.45, 7) is 6.10. The fraction of sp³-hybridized carbons (Fsp3) is 0.385. The van der Waals surface area contributed by atoms with Gasteiger partial charge in [-0.25, -0.2) is 4.98 Å². The molecule has 0 aliphatic carbocycles. The first-order valence-corrected chi connectivity index (χ1v) is 6.67. The van der Waals surface area contributed by atoms with Crippen LogP contribution in [0, 0.1) is 6.92 Å². The van der Waals surface area contributed by atoms with E-state index in [0.29, 0.717) is 0 Å². The first-order chi connectivity index (χ1) is 8.29. The van der Waals surface area contributed by atoms with Crippen LogP contribution in [0.4, 0.5) is 0 Å². The molecule has 0 saturated heterocycles. The quantitative estimate of drug-likeness (QED) is 0.882. The number of thiazole rings is 1. The summed E-state index contributed by atoms with van der Waals surface area (Å²) in [5.41, 5.74) is 2.22. The van der Waals surface area contributed by atoms with Gasteiger partial charge in [0, 0.05) is 29.7 Å². The Balaban J connectivity index is 2.07. The maximum atomic E-state index is 4.60. The van der Waals surface area contributed by atoms with Crippen LogP contribution in [0.3, 0.4) is 0 Å². The number of aryl methyl sites for hydroxylation is 1. The highest BCUT2D eigenvalue weighted by Gasteiger charge is 2.07. The van der Waals surface area contributed by atoms with Crippen LogP contribution in [0.15, 0.2) is 24.4 Å². The van der Waals surface area contributed by atoms with Crippen LogP contribution in [0.5, 0.6) is 0 Å². The highest BCUT2D eigenvalue weighted by atomic mass is 32.1. The number of nitrogens with zero attached hydrogens (tertiary/aromatic N) is 2. The number of pyridine rings is 1. The first kappa shape index (κ1) is 12.2. The zero-order chi connectivity index (χ0) is 12.1. The van der Waals surface area contributed by atoms with Crippen molar-refractivity contribution in [1.82, 2.24) is 15.3 Å².